The first-order valence-corrected chi connectivity index (χ1v) is 5.77. The second-order valence-electron chi connectivity index (χ2n) is 4.14. The fourth-order valence-electron chi connectivity index (χ4n) is 2.25. The van der Waals surface area contributed by atoms with Gasteiger partial charge in [0.05, 0.1) is 14.2 Å². The molecule has 5 heteroatoms. The standard InChI is InChI=1S/C14H13FO4/c1-18-13(16)12(14(17)19-2)11-5-3-8-7-9(15)4-6-10(8)11/h4,6-7H,3,5H2,1-2H3. The number of fused-ring (bicyclic) bond motifs is 1. The van der Waals surface area contributed by atoms with Crippen LogP contribution in [0.5, 0.6) is 0 Å². The largest absolute Gasteiger partial charge is 0.465 e. The maximum atomic E-state index is 13.1. The Labute approximate surface area is 109 Å². The summed E-state index contributed by atoms with van der Waals surface area (Å²) in [6, 6.07) is 4.28. The van der Waals surface area contributed by atoms with E-state index >= 15 is 0 Å². The molecule has 1 aliphatic rings. The van der Waals surface area contributed by atoms with Crippen molar-refractivity contribution in [1.82, 2.24) is 0 Å². The SMILES string of the molecule is COC(=O)C(C(=O)OC)=C1CCc2cc(F)ccc21. The van der Waals surface area contributed by atoms with Crippen LogP contribution in [0.25, 0.3) is 5.57 Å². The van der Waals surface area contributed by atoms with Crippen molar-refractivity contribution in [2.24, 2.45) is 0 Å². The van der Waals surface area contributed by atoms with Crippen molar-refractivity contribution in [3.05, 3.63) is 40.7 Å². The molecule has 1 aliphatic carbocycles. The zero-order chi connectivity index (χ0) is 14.0. The van der Waals surface area contributed by atoms with Gasteiger partial charge in [0, 0.05) is 0 Å². The summed E-state index contributed by atoms with van der Waals surface area (Å²) in [6.45, 7) is 0. The van der Waals surface area contributed by atoms with Gasteiger partial charge in [0.15, 0.2) is 0 Å². The molecule has 4 nitrogen and oxygen atoms in total. The topological polar surface area (TPSA) is 52.6 Å². The maximum absolute atomic E-state index is 13.1. The van der Waals surface area contributed by atoms with Gasteiger partial charge in [0.25, 0.3) is 0 Å². The molecule has 0 aromatic heterocycles. The molecule has 1 aromatic rings. The van der Waals surface area contributed by atoms with Gasteiger partial charge in [-0.25, -0.2) is 14.0 Å². The average molecular weight is 264 g/mol. The molecule has 2 rings (SSSR count). The van der Waals surface area contributed by atoms with Crippen molar-refractivity contribution in [3.63, 3.8) is 0 Å². The molecule has 0 heterocycles. The van der Waals surface area contributed by atoms with E-state index in [2.05, 4.69) is 9.47 Å². The molecule has 1 aromatic carbocycles. The maximum Gasteiger partial charge on any atom is 0.345 e. The zero-order valence-corrected chi connectivity index (χ0v) is 10.7. The first-order chi connectivity index (χ1) is 9.08. The summed E-state index contributed by atoms with van der Waals surface area (Å²) in [7, 11) is 2.40. The fraction of sp³-hybridized carbons (Fsp3) is 0.286. The van der Waals surface area contributed by atoms with E-state index < -0.39 is 11.9 Å². The van der Waals surface area contributed by atoms with Crippen molar-refractivity contribution in [1.29, 1.82) is 0 Å². The highest BCUT2D eigenvalue weighted by Crippen LogP contribution is 2.35. The van der Waals surface area contributed by atoms with Crippen LogP contribution in [0.15, 0.2) is 23.8 Å². The number of carbonyl (C=O) groups is 2. The van der Waals surface area contributed by atoms with Crippen LogP contribution in [-0.4, -0.2) is 26.2 Å². The van der Waals surface area contributed by atoms with Gasteiger partial charge < -0.3 is 9.47 Å². The lowest BCUT2D eigenvalue weighted by Crippen LogP contribution is -2.17. The van der Waals surface area contributed by atoms with Crippen LogP contribution in [0.2, 0.25) is 0 Å². The monoisotopic (exact) mass is 264 g/mol. The molecule has 0 fully saturated rings. The van der Waals surface area contributed by atoms with Gasteiger partial charge in [0.1, 0.15) is 11.4 Å². The number of halogens is 1. The van der Waals surface area contributed by atoms with E-state index in [1.165, 1.54) is 26.4 Å². The minimum atomic E-state index is -0.737. The van der Waals surface area contributed by atoms with Crippen molar-refractivity contribution in [3.8, 4) is 0 Å². The lowest BCUT2D eigenvalue weighted by atomic mass is 10.0. The normalized spacial score (nSPS) is 12.9. The van der Waals surface area contributed by atoms with Crippen LogP contribution in [0.3, 0.4) is 0 Å². The van der Waals surface area contributed by atoms with E-state index in [-0.39, 0.29) is 11.4 Å². The number of esters is 2. The first kappa shape index (κ1) is 13.3. The summed E-state index contributed by atoms with van der Waals surface area (Å²) in [5, 5.41) is 0. The number of rotatable bonds is 2. The van der Waals surface area contributed by atoms with E-state index in [0.29, 0.717) is 24.0 Å². The molecule has 0 saturated heterocycles. The van der Waals surface area contributed by atoms with E-state index in [9.17, 15) is 14.0 Å². The van der Waals surface area contributed by atoms with Crippen LogP contribution in [0, 0.1) is 5.82 Å². The molecule has 0 saturated carbocycles. The summed E-state index contributed by atoms with van der Waals surface area (Å²) in [4.78, 5) is 23.4. The number of allylic oxidation sites excluding steroid dienone is 1. The van der Waals surface area contributed by atoms with E-state index in [4.69, 9.17) is 0 Å². The molecule has 0 aliphatic heterocycles. The Morgan fingerprint density at radius 1 is 1.11 bits per heavy atom. The molecule has 0 atom stereocenters. The number of methoxy groups -OCH3 is 2. The Morgan fingerprint density at radius 2 is 1.74 bits per heavy atom. The lowest BCUT2D eigenvalue weighted by Gasteiger charge is -2.08. The predicted octanol–water partition coefficient (Wildman–Crippen LogP) is 1.87. The van der Waals surface area contributed by atoms with Crippen LogP contribution >= 0.6 is 0 Å². The molecule has 0 amide bonds. The Hall–Kier alpha value is -2.17. The molecular formula is C14H13FO4. The number of carbonyl (C=O) groups excluding carboxylic acids is 2. The van der Waals surface area contributed by atoms with Crippen molar-refractivity contribution < 1.29 is 23.5 Å². The van der Waals surface area contributed by atoms with Gasteiger partial charge in [0.2, 0.25) is 0 Å². The fourth-order valence-corrected chi connectivity index (χ4v) is 2.25. The zero-order valence-electron chi connectivity index (χ0n) is 10.7. The molecule has 0 N–H and O–H groups in total. The van der Waals surface area contributed by atoms with Crippen molar-refractivity contribution in [2.75, 3.05) is 14.2 Å². The highest BCUT2D eigenvalue weighted by atomic mass is 19.1. The van der Waals surface area contributed by atoms with E-state index in [1.807, 2.05) is 0 Å². The molecular weight excluding hydrogens is 251 g/mol. The van der Waals surface area contributed by atoms with Crippen LogP contribution in [-0.2, 0) is 25.5 Å². The molecule has 0 spiro atoms. The summed E-state index contributed by atoms with van der Waals surface area (Å²) in [6.07, 6.45) is 1.07. The minimum absolute atomic E-state index is 0.115. The Kier molecular flexibility index (Phi) is 3.64. The second kappa shape index (κ2) is 5.22. The highest BCUT2D eigenvalue weighted by molar-refractivity contribution is 6.20. The van der Waals surface area contributed by atoms with E-state index in [0.717, 1.165) is 5.56 Å². The minimum Gasteiger partial charge on any atom is -0.465 e. The quantitative estimate of drug-likeness (QED) is 0.354. The third-order valence-electron chi connectivity index (χ3n) is 3.12. The lowest BCUT2D eigenvalue weighted by molar-refractivity contribution is -0.143. The molecule has 0 radical (unpaired) electrons. The number of hydrogen-bond acceptors (Lipinski definition) is 4. The number of benzene rings is 1. The third kappa shape index (κ3) is 2.36. The molecule has 0 unspecified atom stereocenters. The van der Waals surface area contributed by atoms with Gasteiger partial charge in [-0.05, 0) is 41.7 Å². The summed E-state index contributed by atoms with van der Waals surface area (Å²) in [5.41, 5.74) is 1.91. The van der Waals surface area contributed by atoms with Crippen molar-refractivity contribution >= 4 is 17.5 Å². The Bertz CT molecular complexity index is 557. The number of ether oxygens (including phenoxy) is 2. The summed E-state index contributed by atoms with van der Waals surface area (Å²) in [5.74, 6) is -1.81. The first-order valence-electron chi connectivity index (χ1n) is 5.77. The molecule has 19 heavy (non-hydrogen) atoms. The second-order valence-corrected chi connectivity index (χ2v) is 4.14. The van der Waals surface area contributed by atoms with Crippen LogP contribution in [0.1, 0.15) is 17.5 Å². The smallest absolute Gasteiger partial charge is 0.345 e. The van der Waals surface area contributed by atoms with Gasteiger partial charge in [-0.15, -0.1) is 0 Å². The number of hydrogen-bond donors (Lipinski definition) is 0. The Balaban J connectivity index is 2.58. The number of aryl methyl sites for hydroxylation is 1. The highest BCUT2D eigenvalue weighted by Gasteiger charge is 2.29. The van der Waals surface area contributed by atoms with Gasteiger partial charge in [-0.2, -0.15) is 0 Å². The third-order valence-corrected chi connectivity index (χ3v) is 3.12. The van der Waals surface area contributed by atoms with Gasteiger partial charge in [-0.1, -0.05) is 6.07 Å². The van der Waals surface area contributed by atoms with Gasteiger partial charge >= 0.3 is 11.9 Å². The van der Waals surface area contributed by atoms with Crippen molar-refractivity contribution in [2.45, 2.75) is 12.8 Å². The predicted molar refractivity (Wildman–Crippen MR) is 65.7 cm³/mol. The van der Waals surface area contributed by atoms with Gasteiger partial charge in [-0.3, -0.25) is 0 Å². The summed E-state index contributed by atoms with van der Waals surface area (Å²) >= 11 is 0. The average Bonchev–Trinajstić information content (AvgIpc) is 2.81. The van der Waals surface area contributed by atoms with E-state index in [1.54, 1.807) is 6.07 Å². The molecule has 100 valence electrons. The molecule has 0 bridgehead atoms. The van der Waals surface area contributed by atoms with Crippen LogP contribution < -0.4 is 0 Å². The summed E-state index contributed by atoms with van der Waals surface area (Å²) < 4.78 is 22.4. The Morgan fingerprint density at radius 3 is 2.32 bits per heavy atom. The van der Waals surface area contributed by atoms with Crippen LogP contribution in [0.4, 0.5) is 4.39 Å².